The molecule has 0 aliphatic carbocycles. The molecule has 3 rings (SSSR count). The van der Waals surface area contributed by atoms with Gasteiger partial charge in [0, 0.05) is 45.1 Å². The molecule has 2 N–H and O–H groups in total. The Bertz CT molecular complexity index is 524. The summed E-state index contributed by atoms with van der Waals surface area (Å²) in [6.07, 6.45) is 8.72. The molecular formula is C17H28N4O2. The van der Waals surface area contributed by atoms with Crippen molar-refractivity contribution >= 4 is 5.91 Å². The number of hydrogen-bond acceptors (Lipinski definition) is 4. The summed E-state index contributed by atoms with van der Waals surface area (Å²) >= 11 is 0. The topological polar surface area (TPSA) is 73.4 Å². The minimum Gasteiger partial charge on any atom is -0.381 e. The molecule has 2 unspecified atom stereocenters. The molecule has 2 atom stereocenters. The predicted octanol–water partition coefficient (Wildman–Crippen LogP) is 1.36. The highest BCUT2D eigenvalue weighted by Gasteiger charge is 2.33. The maximum Gasteiger partial charge on any atom is 0.239 e. The van der Waals surface area contributed by atoms with E-state index in [1.165, 1.54) is 0 Å². The Labute approximate surface area is 138 Å². The molecule has 3 heterocycles. The number of imidazole rings is 1. The zero-order chi connectivity index (χ0) is 16.2. The van der Waals surface area contributed by atoms with Gasteiger partial charge in [-0.1, -0.05) is 6.92 Å². The van der Waals surface area contributed by atoms with Crippen LogP contribution in [0.1, 0.15) is 44.5 Å². The number of carbonyl (C=O) groups excluding carboxylic acids is 1. The Kier molecular flexibility index (Phi) is 5.33. The standard InChI is InChI=1S/C17H28N4O2/c1-2-15-19-7-9-21(15)14-4-3-8-20(12-14)17(22)16(18)13-5-10-23-11-6-13/h7,9,13-14,16H,2-6,8,10-12,18H2,1H3. The first-order valence-electron chi connectivity index (χ1n) is 8.84. The zero-order valence-electron chi connectivity index (χ0n) is 14.0. The first-order chi connectivity index (χ1) is 11.2. The van der Waals surface area contributed by atoms with Gasteiger partial charge >= 0.3 is 0 Å². The summed E-state index contributed by atoms with van der Waals surface area (Å²) in [4.78, 5) is 19.2. The quantitative estimate of drug-likeness (QED) is 0.909. The fourth-order valence-corrected chi connectivity index (χ4v) is 3.82. The Balaban J connectivity index is 1.64. The van der Waals surface area contributed by atoms with E-state index in [-0.39, 0.29) is 17.9 Å². The lowest BCUT2D eigenvalue weighted by molar-refractivity contribution is -0.136. The van der Waals surface area contributed by atoms with E-state index in [0.29, 0.717) is 6.04 Å². The summed E-state index contributed by atoms with van der Waals surface area (Å²) in [5.74, 6) is 1.47. The van der Waals surface area contributed by atoms with Crippen LogP contribution in [0, 0.1) is 5.92 Å². The van der Waals surface area contributed by atoms with Crippen LogP contribution in [0.4, 0.5) is 0 Å². The molecule has 1 aromatic heterocycles. The number of ether oxygens (including phenoxy) is 1. The second-order valence-corrected chi connectivity index (χ2v) is 6.66. The van der Waals surface area contributed by atoms with Gasteiger partial charge in [-0.25, -0.2) is 4.98 Å². The number of amides is 1. The van der Waals surface area contributed by atoms with Crippen LogP contribution < -0.4 is 5.73 Å². The summed E-state index contributed by atoms with van der Waals surface area (Å²) in [6.45, 7) is 5.14. The number of likely N-dealkylation sites (tertiary alicyclic amines) is 1. The molecule has 2 aliphatic rings. The third-order valence-electron chi connectivity index (χ3n) is 5.23. The van der Waals surface area contributed by atoms with Crippen molar-refractivity contribution in [1.82, 2.24) is 14.5 Å². The molecular weight excluding hydrogens is 292 g/mol. The number of nitrogens with zero attached hydrogens (tertiary/aromatic N) is 3. The number of nitrogens with two attached hydrogens (primary N) is 1. The minimum atomic E-state index is -0.383. The zero-order valence-corrected chi connectivity index (χ0v) is 14.0. The molecule has 128 valence electrons. The number of aryl methyl sites for hydroxylation is 1. The highest BCUT2D eigenvalue weighted by molar-refractivity contribution is 5.82. The minimum absolute atomic E-state index is 0.111. The summed E-state index contributed by atoms with van der Waals surface area (Å²) in [7, 11) is 0. The van der Waals surface area contributed by atoms with E-state index in [1.54, 1.807) is 0 Å². The van der Waals surface area contributed by atoms with Crippen molar-refractivity contribution in [1.29, 1.82) is 0 Å². The smallest absolute Gasteiger partial charge is 0.239 e. The van der Waals surface area contributed by atoms with Gasteiger partial charge in [-0.05, 0) is 31.6 Å². The van der Waals surface area contributed by atoms with Crippen LogP contribution in [0.3, 0.4) is 0 Å². The van der Waals surface area contributed by atoms with Crippen LogP contribution in [0.15, 0.2) is 12.4 Å². The average molecular weight is 320 g/mol. The van der Waals surface area contributed by atoms with Crippen molar-refractivity contribution < 1.29 is 9.53 Å². The number of aromatic nitrogens is 2. The fraction of sp³-hybridized carbons (Fsp3) is 0.765. The molecule has 0 bridgehead atoms. The molecule has 0 aromatic carbocycles. The number of carbonyl (C=O) groups is 1. The van der Waals surface area contributed by atoms with Gasteiger partial charge in [0.2, 0.25) is 5.91 Å². The third kappa shape index (κ3) is 3.58. The molecule has 2 fully saturated rings. The van der Waals surface area contributed by atoms with Gasteiger partial charge in [-0.15, -0.1) is 0 Å². The first-order valence-corrected chi connectivity index (χ1v) is 8.84. The Hall–Kier alpha value is -1.40. The molecule has 0 saturated carbocycles. The van der Waals surface area contributed by atoms with E-state index < -0.39 is 0 Å². The summed E-state index contributed by atoms with van der Waals surface area (Å²) in [6, 6.07) is -0.0573. The van der Waals surface area contributed by atoms with Gasteiger partial charge in [-0.3, -0.25) is 4.79 Å². The van der Waals surface area contributed by atoms with E-state index >= 15 is 0 Å². The van der Waals surface area contributed by atoms with Crippen molar-refractivity contribution in [2.24, 2.45) is 11.7 Å². The van der Waals surface area contributed by atoms with Crippen molar-refractivity contribution in [2.45, 2.75) is 51.1 Å². The van der Waals surface area contributed by atoms with E-state index in [4.69, 9.17) is 10.5 Å². The normalized spacial score (nSPS) is 24.6. The SMILES string of the molecule is CCc1nccn1C1CCCN(C(=O)C(N)C2CCOCC2)C1. The van der Waals surface area contributed by atoms with Crippen LogP contribution in [0.5, 0.6) is 0 Å². The van der Waals surface area contributed by atoms with Crippen molar-refractivity contribution in [2.75, 3.05) is 26.3 Å². The van der Waals surface area contributed by atoms with Crippen LogP contribution in [-0.2, 0) is 16.0 Å². The van der Waals surface area contributed by atoms with Gasteiger partial charge in [0.15, 0.2) is 0 Å². The molecule has 2 saturated heterocycles. The Morgan fingerprint density at radius 1 is 1.43 bits per heavy atom. The van der Waals surface area contributed by atoms with Gasteiger partial charge in [0.05, 0.1) is 12.1 Å². The van der Waals surface area contributed by atoms with Crippen molar-refractivity contribution in [3.05, 3.63) is 18.2 Å². The van der Waals surface area contributed by atoms with Crippen LogP contribution in [0.25, 0.3) is 0 Å². The van der Waals surface area contributed by atoms with Gasteiger partial charge in [-0.2, -0.15) is 0 Å². The molecule has 6 nitrogen and oxygen atoms in total. The molecule has 23 heavy (non-hydrogen) atoms. The summed E-state index contributed by atoms with van der Waals surface area (Å²) in [5.41, 5.74) is 6.28. The van der Waals surface area contributed by atoms with E-state index in [2.05, 4.69) is 16.5 Å². The maximum absolute atomic E-state index is 12.8. The van der Waals surface area contributed by atoms with Crippen LogP contribution in [-0.4, -0.2) is 52.7 Å². The number of piperidine rings is 1. The fourth-order valence-electron chi connectivity index (χ4n) is 3.82. The highest BCUT2D eigenvalue weighted by atomic mass is 16.5. The monoisotopic (exact) mass is 320 g/mol. The predicted molar refractivity (Wildman–Crippen MR) is 88.0 cm³/mol. The highest BCUT2D eigenvalue weighted by Crippen LogP contribution is 2.25. The van der Waals surface area contributed by atoms with Gasteiger partial charge in [0.1, 0.15) is 5.82 Å². The van der Waals surface area contributed by atoms with E-state index in [0.717, 1.165) is 64.2 Å². The lowest BCUT2D eigenvalue weighted by atomic mass is 9.91. The second kappa shape index (κ2) is 7.45. The second-order valence-electron chi connectivity index (χ2n) is 6.66. The van der Waals surface area contributed by atoms with Crippen molar-refractivity contribution in [3.63, 3.8) is 0 Å². The van der Waals surface area contributed by atoms with Crippen molar-refractivity contribution in [3.8, 4) is 0 Å². The Morgan fingerprint density at radius 2 is 2.22 bits per heavy atom. The lowest BCUT2D eigenvalue weighted by Crippen LogP contribution is -2.52. The largest absolute Gasteiger partial charge is 0.381 e. The van der Waals surface area contributed by atoms with E-state index in [9.17, 15) is 4.79 Å². The average Bonchev–Trinajstić information content (AvgIpc) is 3.10. The molecule has 0 spiro atoms. The van der Waals surface area contributed by atoms with E-state index in [1.807, 2.05) is 17.3 Å². The Morgan fingerprint density at radius 3 is 2.96 bits per heavy atom. The number of hydrogen-bond donors (Lipinski definition) is 1. The molecule has 1 aromatic rings. The maximum atomic E-state index is 12.8. The molecule has 0 radical (unpaired) electrons. The van der Waals surface area contributed by atoms with Crippen LogP contribution in [0.2, 0.25) is 0 Å². The number of rotatable bonds is 4. The van der Waals surface area contributed by atoms with Gasteiger partial charge < -0.3 is 19.9 Å². The van der Waals surface area contributed by atoms with Crippen LogP contribution >= 0.6 is 0 Å². The first kappa shape index (κ1) is 16.5. The lowest BCUT2D eigenvalue weighted by Gasteiger charge is -2.37. The van der Waals surface area contributed by atoms with Gasteiger partial charge in [0.25, 0.3) is 0 Å². The summed E-state index contributed by atoms with van der Waals surface area (Å²) < 4.78 is 7.61. The molecule has 6 heteroatoms. The molecule has 2 aliphatic heterocycles. The third-order valence-corrected chi connectivity index (χ3v) is 5.23. The molecule has 1 amide bonds. The summed E-state index contributed by atoms with van der Waals surface area (Å²) in [5, 5.41) is 0.